The maximum atomic E-state index is 13.6. The SMILES string of the molecule is O=C(c1ccccc1[N+](=O)[O-])N(Cc1ccc(Br)cc1)N1C(=O)[C@@H]2C[C@@H](Br)[C@@H](Br)C[C@H]2C1=O. The lowest BCUT2D eigenvalue weighted by molar-refractivity contribution is -0.385. The van der Waals surface area contributed by atoms with Crippen LogP contribution in [0.25, 0.3) is 0 Å². The Hall–Kier alpha value is -2.11. The molecule has 33 heavy (non-hydrogen) atoms. The average Bonchev–Trinajstić information content (AvgIpc) is 3.02. The fourth-order valence-corrected chi connectivity index (χ4v) is 5.77. The van der Waals surface area contributed by atoms with E-state index in [1.807, 2.05) is 0 Å². The Kier molecular flexibility index (Phi) is 7.01. The maximum absolute atomic E-state index is 13.6. The van der Waals surface area contributed by atoms with Crippen LogP contribution in [0.5, 0.6) is 0 Å². The number of alkyl halides is 2. The Morgan fingerprint density at radius 2 is 1.55 bits per heavy atom. The first kappa shape index (κ1) is 24.0. The summed E-state index contributed by atoms with van der Waals surface area (Å²) in [5.41, 5.74) is 0.0880. The van der Waals surface area contributed by atoms with Gasteiger partial charge in [-0.3, -0.25) is 24.5 Å². The van der Waals surface area contributed by atoms with Gasteiger partial charge in [0.15, 0.2) is 0 Å². The molecule has 1 heterocycles. The summed E-state index contributed by atoms with van der Waals surface area (Å²) in [6, 6.07) is 12.6. The molecule has 0 aromatic heterocycles. The maximum Gasteiger partial charge on any atom is 0.282 e. The monoisotopic (exact) mass is 641 g/mol. The second-order valence-corrected chi connectivity index (χ2v) is 11.2. The Labute approximate surface area is 214 Å². The largest absolute Gasteiger partial charge is 0.282 e. The Morgan fingerprint density at radius 3 is 2.09 bits per heavy atom. The zero-order chi connectivity index (χ0) is 23.9. The molecule has 2 fully saturated rings. The van der Waals surface area contributed by atoms with Gasteiger partial charge in [0.1, 0.15) is 5.56 Å². The number of fused-ring (bicyclic) bond motifs is 1. The van der Waals surface area contributed by atoms with Gasteiger partial charge in [-0.1, -0.05) is 72.1 Å². The second kappa shape index (κ2) is 9.63. The molecule has 4 atom stereocenters. The average molecular weight is 644 g/mol. The van der Waals surface area contributed by atoms with Gasteiger partial charge in [0.05, 0.1) is 23.3 Å². The number of hydrogen-bond acceptors (Lipinski definition) is 5. The lowest BCUT2D eigenvalue weighted by atomic mass is 9.81. The summed E-state index contributed by atoms with van der Waals surface area (Å²) in [6.07, 6.45) is 0.904. The van der Waals surface area contributed by atoms with Crippen molar-refractivity contribution < 1.29 is 19.3 Å². The predicted molar refractivity (Wildman–Crippen MR) is 131 cm³/mol. The second-order valence-electron chi connectivity index (χ2n) is 7.97. The van der Waals surface area contributed by atoms with Crippen LogP contribution in [0.3, 0.4) is 0 Å². The van der Waals surface area contributed by atoms with Gasteiger partial charge in [0, 0.05) is 20.2 Å². The number of carbonyl (C=O) groups excluding carboxylic acids is 3. The highest BCUT2D eigenvalue weighted by atomic mass is 79.9. The zero-order valence-electron chi connectivity index (χ0n) is 17.1. The van der Waals surface area contributed by atoms with Crippen LogP contribution in [0.4, 0.5) is 5.69 Å². The lowest BCUT2D eigenvalue weighted by Crippen LogP contribution is -2.50. The molecule has 0 unspecified atom stereocenters. The zero-order valence-corrected chi connectivity index (χ0v) is 21.8. The van der Waals surface area contributed by atoms with Crippen molar-refractivity contribution in [2.75, 3.05) is 0 Å². The Balaban J connectivity index is 1.76. The van der Waals surface area contributed by atoms with E-state index in [4.69, 9.17) is 0 Å². The normalized spacial score (nSPS) is 24.5. The van der Waals surface area contributed by atoms with Crippen LogP contribution >= 0.6 is 47.8 Å². The van der Waals surface area contributed by atoms with Gasteiger partial charge in [-0.25, -0.2) is 5.01 Å². The van der Waals surface area contributed by atoms with Crippen molar-refractivity contribution in [2.24, 2.45) is 11.8 Å². The third-order valence-electron chi connectivity index (χ3n) is 5.94. The Bertz CT molecular complexity index is 1100. The van der Waals surface area contributed by atoms with Crippen LogP contribution in [0.15, 0.2) is 53.0 Å². The summed E-state index contributed by atoms with van der Waals surface area (Å²) in [5, 5.41) is 13.5. The summed E-state index contributed by atoms with van der Waals surface area (Å²) < 4.78 is 0.828. The van der Waals surface area contributed by atoms with Gasteiger partial charge >= 0.3 is 0 Å². The number of nitro groups is 1. The van der Waals surface area contributed by atoms with Gasteiger partial charge in [0.25, 0.3) is 23.4 Å². The van der Waals surface area contributed by atoms with E-state index in [2.05, 4.69) is 47.8 Å². The van der Waals surface area contributed by atoms with E-state index >= 15 is 0 Å². The van der Waals surface area contributed by atoms with E-state index in [1.165, 1.54) is 24.3 Å². The summed E-state index contributed by atoms with van der Waals surface area (Å²) in [7, 11) is 0. The smallest absolute Gasteiger partial charge is 0.272 e. The van der Waals surface area contributed by atoms with Crippen LogP contribution in [0, 0.1) is 22.0 Å². The number of rotatable bonds is 5. The van der Waals surface area contributed by atoms with Gasteiger partial charge in [-0.15, -0.1) is 0 Å². The first-order valence-corrected chi connectivity index (χ1v) is 12.8. The predicted octanol–water partition coefficient (Wildman–Crippen LogP) is 4.84. The number of carbonyl (C=O) groups is 3. The number of hydrogen-bond donors (Lipinski definition) is 0. The third kappa shape index (κ3) is 4.63. The lowest BCUT2D eigenvalue weighted by Gasteiger charge is -2.30. The number of nitro benzene ring substituents is 1. The van der Waals surface area contributed by atoms with Crippen molar-refractivity contribution >= 4 is 71.2 Å². The van der Waals surface area contributed by atoms with Crippen LogP contribution in [-0.4, -0.2) is 42.3 Å². The summed E-state index contributed by atoms with van der Waals surface area (Å²) in [4.78, 5) is 51.3. The van der Waals surface area contributed by atoms with Crippen LogP contribution in [-0.2, 0) is 16.1 Å². The molecule has 1 aliphatic heterocycles. The molecule has 0 bridgehead atoms. The molecule has 4 rings (SSSR count). The summed E-state index contributed by atoms with van der Waals surface area (Å²) in [5.74, 6) is -2.81. The molecule has 1 aliphatic carbocycles. The van der Waals surface area contributed by atoms with Crippen molar-refractivity contribution in [3.8, 4) is 0 Å². The quantitative estimate of drug-likeness (QED) is 0.201. The number of hydrazine groups is 1. The molecule has 0 radical (unpaired) electrons. The third-order valence-corrected chi connectivity index (χ3v) is 9.20. The molecule has 2 aromatic carbocycles. The molecular weight excluding hydrogens is 626 g/mol. The molecule has 11 heteroatoms. The number of benzene rings is 2. The van der Waals surface area contributed by atoms with Gasteiger partial charge in [0.2, 0.25) is 0 Å². The molecule has 1 saturated heterocycles. The number of amides is 3. The van der Waals surface area contributed by atoms with Gasteiger partial charge < -0.3 is 0 Å². The van der Waals surface area contributed by atoms with Crippen molar-refractivity contribution in [2.45, 2.75) is 29.0 Å². The van der Waals surface area contributed by atoms with Gasteiger partial charge in [-0.2, -0.15) is 5.01 Å². The molecule has 2 aliphatic rings. The molecular formula is C22H18Br3N3O5. The molecule has 1 saturated carbocycles. The number of imide groups is 1. The minimum atomic E-state index is -0.781. The highest BCUT2D eigenvalue weighted by Crippen LogP contribution is 2.44. The van der Waals surface area contributed by atoms with Crippen LogP contribution in [0.2, 0.25) is 0 Å². The van der Waals surface area contributed by atoms with E-state index in [0.29, 0.717) is 18.4 Å². The molecule has 3 amide bonds. The van der Waals surface area contributed by atoms with Gasteiger partial charge in [-0.05, 0) is 36.6 Å². The summed E-state index contributed by atoms with van der Waals surface area (Å²) in [6.45, 7) is -0.0927. The highest BCUT2D eigenvalue weighted by Gasteiger charge is 2.54. The molecule has 0 spiro atoms. The minimum Gasteiger partial charge on any atom is -0.272 e. The van der Waals surface area contributed by atoms with E-state index < -0.39 is 34.5 Å². The van der Waals surface area contributed by atoms with E-state index in [-0.39, 0.29) is 27.4 Å². The van der Waals surface area contributed by atoms with Crippen molar-refractivity contribution in [1.29, 1.82) is 0 Å². The molecule has 8 nitrogen and oxygen atoms in total. The summed E-state index contributed by atoms with van der Waals surface area (Å²) >= 11 is 10.5. The first-order valence-electron chi connectivity index (χ1n) is 10.1. The standard InChI is InChI=1S/C22H18Br3N3O5/c23-13-7-5-12(6-8-13)11-26(20(29)14-3-1-2-4-19(14)28(32)33)27-21(30)15-9-17(24)18(25)10-16(15)22(27)31/h1-8,15-18H,9-11H2/t15-,16-,17-,18+/m1/s1. The van der Waals surface area contributed by atoms with Crippen LogP contribution in [0.1, 0.15) is 28.8 Å². The first-order chi connectivity index (χ1) is 15.7. The number of halogens is 3. The number of para-hydroxylation sites is 1. The Morgan fingerprint density at radius 1 is 1.00 bits per heavy atom. The molecule has 172 valence electrons. The topological polar surface area (TPSA) is 101 Å². The molecule has 2 aromatic rings. The van der Waals surface area contributed by atoms with Crippen molar-refractivity contribution in [1.82, 2.24) is 10.0 Å². The molecule has 0 N–H and O–H groups in total. The van der Waals surface area contributed by atoms with E-state index in [0.717, 1.165) is 14.5 Å². The van der Waals surface area contributed by atoms with Crippen molar-refractivity contribution in [3.63, 3.8) is 0 Å². The van der Waals surface area contributed by atoms with E-state index in [1.54, 1.807) is 24.3 Å². The van der Waals surface area contributed by atoms with E-state index in [9.17, 15) is 24.5 Å². The number of nitrogens with zero attached hydrogens (tertiary/aromatic N) is 3. The van der Waals surface area contributed by atoms with Crippen molar-refractivity contribution in [3.05, 3.63) is 74.2 Å². The van der Waals surface area contributed by atoms with Crippen LogP contribution < -0.4 is 0 Å². The highest BCUT2D eigenvalue weighted by molar-refractivity contribution is 9.12. The fourth-order valence-electron chi connectivity index (χ4n) is 4.26. The fraction of sp³-hybridized carbons (Fsp3) is 0.318. The minimum absolute atomic E-state index is 0.0151.